The van der Waals surface area contributed by atoms with Crippen molar-refractivity contribution in [1.29, 1.82) is 0 Å². The Bertz CT molecular complexity index is 882. The Morgan fingerprint density at radius 2 is 1.75 bits per heavy atom. The molecule has 0 fully saturated rings. The first-order valence-electron chi connectivity index (χ1n) is 8.32. The number of likely N-dealkylation sites (N-methyl/N-ethyl adjacent to an activating group) is 1. The first-order valence-corrected chi connectivity index (χ1v) is 8.32. The Morgan fingerprint density at radius 1 is 1.07 bits per heavy atom. The summed E-state index contributed by atoms with van der Waals surface area (Å²) in [6.07, 6.45) is -4.47. The number of hydrogen-bond donors (Lipinski definition) is 1. The first-order chi connectivity index (χ1) is 13.2. The molecular formula is C19H17F3N2O4. The van der Waals surface area contributed by atoms with Gasteiger partial charge in [-0.2, -0.15) is 13.2 Å². The van der Waals surface area contributed by atoms with Gasteiger partial charge in [0.1, 0.15) is 0 Å². The molecule has 3 rings (SSSR count). The largest absolute Gasteiger partial charge is 0.454 e. The van der Waals surface area contributed by atoms with Crippen LogP contribution in [0.3, 0.4) is 0 Å². The highest BCUT2D eigenvalue weighted by molar-refractivity contribution is 5.96. The molecule has 0 saturated heterocycles. The molecule has 28 heavy (non-hydrogen) atoms. The SMILES string of the molecule is CN(Cc1ccc2c(c1)OCO2)C(=O)CNC(=O)c1ccc(C(F)(F)F)cc1. The van der Waals surface area contributed by atoms with Crippen molar-refractivity contribution in [2.75, 3.05) is 20.4 Å². The molecule has 0 aliphatic carbocycles. The number of carbonyl (C=O) groups is 2. The lowest BCUT2D eigenvalue weighted by atomic mass is 10.1. The fourth-order valence-electron chi connectivity index (χ4n) is 2.60. The Morgan fingerprint density at radius 3 is 2.43 bits per heavy atom. The number of amides is 2. The molecular weight excluding hydrogens is 377 g/mol. The number of carbonyl (C=O) groups excluding carboxylic acids is 2. The van der Waals surface area contributed by atoms with Gasteiger partial charge in [0.2, 0.25) is 12.7 Å². The van der Waals surface area contributed by atoms with Gasteiger partial charge in [0.25, 0.3) is 5.91 Å². The van der Waals surface area contributed by atoms with Crippen LogP contribution in [0.2, 0.25) is 0 Å². The third kappa shape index (κ3) is 4.54. The molecule has 0 saturated carbocycles. The average Bonchev–Trinajstić information content (AvgIpc) is 3.13. The topological polar surface area (TPSA) is 67.9 Å². The number of halogens is 3. The van der Waals surface area contributed by atoms with Gasteiger partial charge < -0.3 is 19.7 Å². The molecule has 1 aliphatic heterocycles. The van der Waals surface area contributed by atoms with E-state index in [1.54, 1.807) is 25.2 Å². The van der Waals surface area contributed by atoms with Crippen molar-refractivity contribution < 1.29 is 32.2 Å². The molecule has 0 atom stereocenters. The molecule has 148 valence electrons. The van der Waals surface area contributed by atoms with Gasteiger partial charge in [-0.15, -0.1) is 0 Å². The third-order valence-electron chi connectivity index (χ3n) is 4.16. The quantitative estimate of drug-likeness (QED) is 0.847. The van der Waals surface area contributed by atoms with Crippen LogP contribution in [0.4, 0.5) is 13.2 Å². The molecule has 1 aliphatic rings. The van der Waals surface area contributed by atoms with Gasteiger partial charge in [0.15, 0.2) is 11.5 Å². The van der Waals surface area contributed by atoms with Gasteiger partial charge in [-0.1, -0.05) is 6.07 Å². The lowest BCUT2D eigenvalue weighted by Crippen LogP contribution is -2.37. The van der Waals surface area contributed by atoms with Crippen LogP contribution in [0.25, 0.3) is 0 Å². The predicted molar refractivity (Wildman–Crippen MR) is 92.8 cm³/mol. The maximum Gasteiger partial charge on any atom is 0.416 e. The number of fused-ring (bicyclic) bond motifs is 1. The van der Waals surface area contributed by atoms with Crippen LogP contribution in [-0.4, -0.2) is 37.1 Å². The monoisotopic (exact) mass is 394 g/mol. The van der Waals surface area contributed by atoms with Crippen LogP contribution >= 0.6 is 0 Å². The van der Waals surface area contributed by atoms with E-state index in [0.717, 1.165) is 29.8 Å². The van der Waals surface area contributed by atoms with Crippen molar-refractivity contribution in [3.63, 3.8) is 0 Å². The van der Waals surface area contributed by atoms with Gasteiger partial charge >= 0.3 is 6.18 Å². The Balaban J connectivity index is 1.52. The molecule has 2 aromatic rings. The fourth-order valence-corrected chi connectivity index (χ4v) is 2.60. The standard InChI is InChI=1S/C19H17F3N2O4/c1-24(10-12-2-7-15-16(8-12)28-11-27-15)17(25)9-23-18(26)13-3-5-14(6-4-13)19(20,21)22/h2-8H,9-11H2,1H3,(H,23,26). The molecule has 2 aromatic carbocycles. The number of rotatable bonds is 5. The molecule has 2 amide bonds. The van der Waals surface area contributed by atoms with Crippen LogP contribution in [0.5, 0.6) is 11.5 Å². The molecule has 6 nitrogen and oxygen atoms in total. The van der Waals surface area contributed by atoms with E-state index in [9.17, 15) is 22.8 Å². The van der Waals surface area contributed by atoms with Crippen molar-refractivity contribution in [3.8, 4) is 11.5 Å². The summed E-state index contributed by atoms with van der Waals surface area (Å²) in [7, 11) is 1.58. The van der Waals surface area contributed by atoms with Crippen LogP contribution in [-0.2, 0) is 17.5 Å². The summed E-state index contributed by atoms with van der Waals surface area (Å²) in [5, 5.41) is 2.41. The van der Waals surface area contributed by atoms with E-state index in [4.69, 9.17) is 9.47 Å². The van der Waals surface area contributed by atoms with Gasteiger partial charge in [0.05, 0.1) is 12.1 Å². The smallest absolute Gasteiger partial charge is 0.416 e. The number of nitrogens with zero attached hydrogens (tertiary/aromatic N) is 1. The molecule has 1 N–H and O–H groups in total. The Kier molecular flexibility index (Phi) is 5.43. The van der Waals surface area contributed by atoms with Gasteiger partial charge in [-0.05, 0) is 42.0 Å². The minimum absolute atomic E-state index is 0.0409. The number of benzene rings is 2. The van der Waals surface area contributed by atoms with Crippen LogP contribution in [0, 0.1) is 0 Å². The van der Waals surface area contributed by atoms with Gasteiger partial charge in [0, 0.05) is 19.2 Å². The van der Waals surface area contributed by atoms with E-state index < -0.39 is 17.6 Å². The summed E-state index contributed by atoms with van der Waals surface area (Å²) >= 11 is 0. The summed E-state index contributed by atoms with van der Waals surface area (Å²) in [5.74, 6) is 0.270. The maximum atomic E-state index is 12.6. The van der Waals surface area contributed by atoms with Crippen molar-refractivity contribution in [2.45, 2.75) is 12.7 Å². The third-order valence-corrected chi connectivity index (χ3v) is 4.16. The highest BCUT2D eigenvalue weighted by atomic mass is 19.4. The molecule has 0 aromatic heterocycles. The number of alkyl halides is 3. The van der Waals surface area contributed by atoms with E-state index in [2.05, 4.69) is 5.32 Å². The normalized spacial score (nSPS) is 12.6. The van der Waals surface area contributed by atoms with E-state index in [1.165, 1.54) is 4.90 Å². The highest BCUT2D eigenvalue weighted by Crippen LogP contribution is 2.32. The van der Waals surface area contributed by atoms with Crippen molar-refractivity contribution in [1.82, 2.24) is 10.2 Å². The van der Waals surface area contributed by atoms with E-state index >= 15 is 0 Å². The molecule has 0 unspecified atom stereocenters. The van der Waals surface area contributed by atoms with Crippen LogP contribution in [0.1, 0.15) is 21.5 Å². The maximum absolute atomic E-state index is 12.6. The summed E-state index contributed by atoms with van der Waals surface area (Å²) in [6, 6.07) is 9.11. The highest BCUT2D eigenvalue weighted by Gasteiger charge is 2.30. The van der Waals surface area contributed by atoms with E-state index in [0.29, 0.717) is 18.0 Å². The van der Waals surface area contributed by atoms with Crippen molar-refractivity contribution in [3.05, 3.63) is 59.2 Å². The molecule has 1 heterocycles. The van der Waals surface area contributed by atoms with Crippen molar-refractivity contribution in [2.24, 2.45) is 0 Å². The minimum atomic E-state index is -4.47. The summed E-state index contributed by atoms with van der Waals surface area (Å²) in [6.45, 7) is 0.177. The molecule has 9 heteroatoms. The lowest BCUT2D eigenvalue weighted by Gasteiger charge is -2.18. The summed E-state index contributed by atoms with van der Waals surface area (Å²) in [5.41, 5.74) is 0.0250. The van der Waals surface area contributed by atoms with E-state index in [-0.39, 0.29) is 24.8 Å². The first kappa shape index (κ1) is 19.5. The number of nitrogens with one attached hydrogen (secondary N) is 1. The lowest BCUT2D eigenvalue weighted by molar-refractivity contribution is -0.137. The molecule has 0 spiro atoms. The zero-order valence-electron chi connectivity index (χ0n) is 14.9. The van der Waals surface area contributed by atoms with Crippen LogP contribution in [0.15, 0.2) is 42.5 Å². The predicted octanol–water partition coefficient (Wildman–Crippen LogP) is 2.82. The minimum Gasteiger partial charge on any atom is -0.454 e. The second-order valence-corrected chi connectivity index (χ2v) is 6.20. The van der Waals surface area contributed by atoms with Crippen molar-refractivity contribution >= 4 is 11.8 Å². The average molecular weight is 394 g/mol. The zero-order valence-corrected chi connectivity index (χ0v) is 14.9. The second-order valence-electron chi connectivity index (χ2n) is 6.20. The summed E-state index contributed by atoms with van der Waals surface area (Å²) in [4.78, 5) is 25.7. The van der Waals surface area contributed by atoms with Crippen LogP contribution < -0.4 is 14.8 Å². The van der Waals surface area contributed by atoms with E-state index in [1.807, 2.05) is 0 Å². The molecule has 0 bridgehead atoms. The summed E-state index contributed by atoms with van der Waals surface area (Å²) < 4.78 is 48.2. The number of ether oxygens (including phenoxy) is 2. The molecule has 0 radical (unpaired) electrons. The zero-order chi connectivity index (χ0) is 20.3. The second kappa shape index (κ2) is 7.79. The Labute approximate surface area is 158 Å². The van der Waals surface area contributed by atoms with Gasteiger partial charge in [-0.3, -0.25) is 9.59 Å². The van der Waals surface area contributed by atoms with Gasteiger partial charge in [-0.25, -0.2) is 0 Å². The Hall–Kier alpha value is -3.23. The fraction of sp³-hybridized carbons (Fsp3) is 0.263. The number of hydrogen-bond acceptors (Lipinski definition) is 4.